The molecule has 7 heteroatoms. The average molecular weight is 498 g/mol. The lowest BCUT2D eigenvalue weighted by atomic mass is 9.78. The topological polar surface area (TPSA) is 71.5 Å². The second-order valence-corrected chi connectivity index (χ2v) is 13.9. The van der Waals surface area contributed by atoms with Crippen molar-refractivity contribution in [2.45, 2.75) is 56.4 Å². The Kier molecular flexibility index (Phi) is 6.03. The van der Waals surface area contributed by atoms with E-state index in [-0.39, 0.29) is 4.90 Å². The zero-order valence-electron chi connectivity index (χ0n) is 20.5. The lowest BCUT2D eigenvalue weighted by Crippen LogP contribution is -2.45. The van der Waals surface area contributed by atoms with Gasteiger partial charge in [-0.15, -0.1) is 0 Å². The number of nitrogens with zero attached hydrogens (tertiary/aromatic N) is 1. The SMILES string of the molecule is Cc1cc(C)c(S(=O)(=O)N2Cc3ccc(-c4cccc(S(C)(=O)=O)c4)cc3C(C)(C)C2)c(C)c1. The summed E-state index contributed by atoms with van der Waals surface area (Å²) in [5.74, 6) is 0. The molecular weight excluding hydrogens is 466 g/mol. The van der Waals surface area contributed by atoms with Gasteiger partial charge >= 0.3 is 0 Å². The predicted molar refractivity (Wildman–Crippen MR) is 136 cm³/mol. The van der Waals surface area contributed by atoms with Gasteiger partial charge in [-0.3, -0.25) is 0 Å². The van der Waals surface area contributed by atoms with Crippen LogP contribution in [-0.4, -0.2) is 33.9 Å². The predicted octanol–water partition coefficient (Wildman–Crippen LogP) is 5.16. The molecule has 0 saturated carbocycles. The van der Waals surface area contributed by atoms with Crippen LogP contribution in [-0.2, 0) is 31.8 Å². The van der Waals surface area contributed by atoms with Crippen LogP contribution < -0.4 is 0 Å². The standard InChI is InChI=1S/C27H31NO4S2/c1-18-12-19(2)26(20(3)13-18)34(31,32)28-16-23-11-10-22(15-25(23)27(4,5)17-28)21-8-7-9-24(14-21)33(6,29)30/h7-15H,16-17H2,1-6H3. The molecule has 3 aromatic carbocycles. The fourth-order valence-electron chi connectivity index (χ4n) is 5.07. The van der Waals surface area contributed by atoms with E-state index in [1.165, 1.54) is 6.26 Å². The number of sulfonamides is 1. The molecule has 0 bridgehead atoms. The first-order valence-corrected chi connectivity index (χ1v) is 14.6. The minimum atomic E-state index is -3.67. The lowest BCUT2D eigenvalue weighted by Gasteiger charge is -2.40. The van der Waals surface area contributed by atoms with Gasteiger partial charge in [0.05, 0.1) is 9.79 Å². The van der Waals surface area contributed by atoms with Crippen molar-refractivity contribution in [1.29, 1.82) is 0 Å². The largest absolute Gasteiger partial charge is 0.243 e. The van der Waals surface area contributed by atoms with Crippen LogP contribution in [0.15, 0.2) is 64.4 Å². The number of hydrogen-bond donors (Lipinski definition) is 0. The number of hydrogen-bond acceptors (Lipinski definition) is 4. The summed E-state index contributed by atoms with van der Waals surface area (Å²) < 4.78 is 53.0. The third kappa shape index (κ3) is 4.44. The Morgan fingerprint density at radius 2 is 1.44 bits per heavy atom. The minimum absolute atomic E-state index is 0.281. The smallest absolute Gasteiger partial charge is 0.224 e. The maximum Gasteiger partial charge on any atom is 0.243 e. The molecule has 5 nitrogen and oxygen atoms in total. The highest BCUT2D eigenvalue weighted by molar-refractivity contribution is 7.90. The zero-order chi connectivity index (χ0) is 25.1. The van der Waals surface area contributed by atoms with Crippen molar-refractivity contribution in [2.24, 2.45) is 0 Å². The number of rotatable bonds is 4. The molecule has 0 aliphatic carbocycles. The molecule has 0 saturated heterocycles. The van der Waals surface area contributed by atoms with Crippen LogP contribution in [0.25, 0.3) is 11.1 Å². The minimum Gasteiger partial charge on any atom is -0.224 e. The Hall–Kier alpha value is -2.48. The second-order valence-electron chi connectivity index (χ2n) is 10.1. The Morgan fingerprint density at radius 1 is 0.824 bits per heavy atom. The first kappa shape index (κ1) is 24.6. The Bertz CT molecular complexity index is 1480. The summed E-state index contributed by atoms with van der Waals surface area (Å²) in [7, 11) is -6.98. The van der Waals surface area contributed by atoms with Crippen LogP contribution in [0.1, 0.15) is 41.7 Å². The van der Waals surface area contributed by atoms with Crippen LogP contribution in [0.5, 0.6) is 0 Å². The van der Waals surface area contributed by atoms with E-state index < -0.39 is 25.3 Å². The highest BCUT2D eigenvalue weighted by Crippen LogP contribution is 2.39. The van der Waals surface area contributed by atoms with Gasteiger partial charge in [-0.05, 0) is 66.3 Å². The summed E-state index contributed by atoms with van der Waals surface area (Å²) in [5.41, 5.74) is 5.94. The summed E-state index contributed by atoms with van der Waals surface area (Å²) in [5, 5.41) is 0. The van der Waals surface area contributed by atoms with Gasteiger partial charge in [0.15, 0.2) is 9.84 Å². The quantitative estimate of drug-likeness (QED) is 0.499. The molecule has 0 N–H and O–H groups in total. The third-order valence-corrected chi connectivity index (χ3v) is 9.76. The number of aryl methyl sites for hydroxylation is 3. The normalized spacial score (nSPS) is 16.3. The molecule has 3 aromatic rings. The van der Waals surface area contributed by atoms with E-state index in [9.17, 15) is 16.8 Å². The number of benzene rings is 3. The molecule has 180 valence electrons. The molecule has 0 amide bonds. The number of fused-ring (bicyclic) bond motifs is 1. The van der Waals surface area contributed by atoms with E-state index in [1.807, 2.05) is 51.1 Å². The van der Waals surface area contributed by atoms with Crippen molar-refractivity contribution in [3.63, 3.8) is 0 Å². The van der Waals surface area contributed by atoms with Gasteiger partial charge in [0.1, 0.15) is 0 Å². The van der Waals surface area contributed by atoms with Crippen LogP contribution in [0.3, 0.4) is 0 Å². The molecule has 1 aliphatic rings. The highest BCUT2D eigenvalue weighted by atomic mass is 32.2. The van der Waals surface area contributed by atoms with E-state index >= 15 is 0 Å². The van der Waals surface area contributed by atoms with E-state index in [1.54, 1.807) is 22.5 Å². The lowest BCUT2D eigenvalue weighted by molar-refractivity contribution is 0.299. The van der Waals surface area contributed by atoms with E-state index in [4.69, 9.17) is 0 Å². The molecule has 0 radical (unpaired) electrons. The van der Waals surface area contributed by atoms with Crippen LogP contribution in [0.2, 0.25) is 0 Å². The molecule has 1 heterocycles. The van der Waals surface area contributed by atoms with E-state index in [0.29, 0.717) is 18.0 Å². The van der Waals surface area contributed by atoms with Gasteiger partial charge in [-0.2, -0.15) is 4.31 Å². The van der Waals surface area contributed by atoms with Crippen molar-refractivity contribution in [3.8, 4) is 11.1 Å². The zero-order valence-corrected chi connectivity index (χ0v) is 22.1. The van der Waals surface area contributed by atoms with Crippen molar-refractivity contribution >= 4 is 19.9 Å². The summed E-state index contributed by atoms with van der Waals surface area (Å²) >= 11 is 0. The third-order valence-electron chi connectivity index (χ3n) is 6.56. The van der Waals surface area contributed by atoms with Gasteiger partial charge in [-0.25, -0.2) is 16.8 Å². The van der Waals surface area contributed by atoms with E-state index in [2.05, 4.69) is 19.9 Å². The Balaban J connectivity index is 1.76. The molecule has 0 fully saturated rings. The van der Waals surface area contributed by atoms with Crippen LogP contribution in [0, 0.1) is 20.8 Å². The highest BCUT2D eigenvalue weighted by Gasteiger charge is 2.39. The summed E-state index contributed by atoms with van der Waals surface area (Å²) in [6.45, 7) is 10.5. The van der Waals surface area contributed by atoms with Crippen molar-refractivity contribution < 1.29 is 16.8 Å². The molecule has 0 atom stereocenters. The molecule has 0 unspecified atom stereocenters. The monoisotopic (exact) mass is 497 g/mol. The molecule has 0 spiro atoms. The second kappa shape index (κ2) is 8.33. The Morgan fingerprint density at radius 3 is 2.06 bits per heavy atom. The van der Waals surface area contributed by atoms with Crippen LogP contribution in [0.4, 0.5) is 0 Å². The van der Waals surface area contributed by atoms with Crippen molar-refractivity contribution in [2.75, 3.05) is 12.8 Å². The molecule has 34 heavy (non-hydrogen) atoms. The maximum atomic E-state index is 13.7. The van der Waals surface area contributed by atoms with Crippen molar-refractivity contribution in [3.05, 3.63) is 82.4 Å². The molecule has 1 aliphatic heterocycles. The number of sulfone groups is 1. The average Bonchev–Trinajstić information content (AvgIpc) is 2.71. The van der Waals surface area contributed by atoms with E-state index in [0.717, 1.165) is 38.9 Å². The molecular formula is C27H31NO4S2. The maximum absolute atomic E-state index is 13.7. The molecule has 4 rings (SSSR count). The summed E-state index contributed by atoms with van der Waals surface area (Å²) in [6, 6.07) is 16.7. The first-order valence-electron chi connectivity index (χ1n) is 11.2. The van der Waals surface area contributed by atoms with Gasteiger partial charge in [0.25, 0.3) is 0 Å². The van der Waals surface area contributed by atoms with Gasteiger partial charge in [0.2, 0.25) is 10.0 Å². The fraction of sp³-hybridized carbons (Fsp3) is 0.333. The van der Waals surface area contributed by atoms with Crippen LogP contribution >= 0.6 is 0 Å². The fourth-order valence-corrected chi connectivity index (χ4v) is 7.73. The summed E-state index contributed by atoms with van der Waals surface area (Å²) in [6.07, 6.45) is 1.20. The van der Waals surface area contributed by atoms with Gasteiger partial charge < -0.3 is 0 Å². The Labute approximate surface area is 203 Å². The molecule has 0 aromatic heterocycles. The van der Waals surface area contributed by atoms with Crippen molar-refractivity contribution in [1.82, 2.24) is 4.31 Å². The first-order chi connectivity index (χ1) is 15.7. The summed E-state index contributed by atoms with van der Waals surface area (Å²) in [4.78, 5) is 0.676. The van der Waals surface area contributed by atoms with Gasteiger partial charge in [0, 0.05) is 24.8 Å². The van der Waals surface area contributed by atoms with Gasteiger partial charge in [-0.1, -0.05) is 61.9 Å².